The van der Waals surface area contributed by atoms with Gasteiger partial charge in [-0.15, -0.1) is 0 Å². The Bertz CT molecular complexity index is 838. The van der Waals surface area contributed by atoms with Gasteiger partial charge in [0.05, 0.1) is 15.4 Å². The van der Waals surface area contributed by atoms with E-state index < -0.39 is 38.2 Å². The topological polar surface area (TPSA) is 102 Å². The van der Waals surface area contributed by atoms with Crippen LogP contribution < -0.4 is 4.72 Å². The third-order valence-corrected chi connectivity index (χ3v) is 4.03. The van der Waals surface area contributed by atoms with Crippen LogP contribution in [0.15, 0.2) is 47.5 Å². The molecular formula is C12H8F3N3O4S. The second-order valence-electron chi connectivity index (χ2n) is 4.27. The second-order valence-corrected chi connectivity index (χ2v) is 5.95. The SMILES string of the molecule is O=[N+]([O-])c1cc(C(F)(F)F)cnc1NS(=O)(=O)c1ccccc1. The fourth-order valence-electron chi connectivity index (χ4n) is 1.61. The molecule has 0 aliphatic rings. The molecule has 0 saturated carbocycles. The van der Waals surface area contributed by atoms with Gasteiger partial charge in [0, 0.05) is 12.3 Å². The maximum absolute atomic E-state index is 12.6. The predicted molar refractivity (Wildman–Crippen MR) is 73.1 cm³/mol. The number of pyridine rings is 1. The summed E-state index contributed by atoms with van der Waals surface area (Å²) in [5.74, 6) is -0.799. The van der Waals surface area contributed by atoms with Gasteiger partial charge in [-0.3, -0.25) is 14.8 Å². The Hall–Kier alpha value is -2.69. The molecule has 0 radical (unpaired) electrons. The lowest BCUT2D eigenvalue weighted by Gasteiger charge is -2.10. The molecule has 2 rings (SSSR count). The number of aromatic nitrogens is 1. The van der Waals surface area contributed by atoms with Crippen LogP contribution >= 0.6 is 0 Å². The minimum absolute atomic E-state index is 0.212. The monoisotopic (exact) mass is 347 g/mol. The lowest BCUT2D eigenvalue weighted by molar-refractivity contribution is -0.384. The predicted octanol–water partition coefficient (Wildman–Crippen LogP) is 2.81. The molecular weight excluding hydrogens is 339 g/mol. The zero-order valence-corrected chi connectivity index (χ0v) is 11.9. The number of nitrogens with one attached hydrogen (secondary N) is 1. The molecule has 1 aromatic carbocycles. The maximum atomic E-state index is 12.6. The summed E-state index contributed by atoms with van der Waals surface area (Å²) < 4.78 is 63.6. The molecule has 0 aliphatic carbocycles. The van der Waals surface area contributed by atoms with Crippen LogP contribution in [0.2, 0.25) is 0 Å². The van der Waals surface area contributed by atoms with Crippen LogP contribution in [0.5, 0.6) is 0 Å². The highest BCUT2D eigenvalue weighted by Crippen LogP contribution is 2.34. The molecule has 0 amide bonds. The van der Waals surface area contributed by atoms with Crippen molar-refractivity contribution in [2.24, 2.45) is 0 Å². The molecule has 0 bridgehead atoms. The summed E-state index contributed by atoms with van der Waals surface area (Å²) in [6.45, 7) is 0. The standard InChI is InChI=1S/C12H8F3N3O4S/c13-12(14,15)8-6-10(18(19)20)11(16-7-8)17-23(21,22)9-4-2-1-3-5-9/h1-7H,(H,16,17). The summed E-state index contributed by atoms with van der Waals surface area (Å²) >= 11 is 0. The van der Waals surface area contributed by atoms with E-state index in [1.165, 1.54) is 24.3 Å². The molecule has 122 valence electrons. The molecule has 23 heavy (non-hydrogen) atoms. The highest BCUT2D eigenvalue weighted by molar-refractivity contribution is 7.92. The minimum atomic E-state index is -4.84. The minimum Gasteiger partial charge on any atom is -0.258 e. The van der Waals surface area contributed by atoms with E-state index in [4.69, 9.17) is 0 Å². The van der Waals surface area contributed by atoms with Gasteiger partial charge in [-0.1, -0.05) is 18.2 Å². The van der Waals surface area contributed by atoms with Crippen LogP contribution in [0.25, 0.3) is 0 Å². The van der Waals surface area contributed by atoms with Crippen molar-refractivity contribution in [2.75, 3.05) is 4.72 Å². The Balaban J connectivity index is 2.46. The molecule has 0 saturated heterocycles. The lowest BCUT2D eigenvalue weighted by atomic mass is 10.2. The molecule has 1 N–H and O–H groups in total. The van der Waals surface area contributed by atoms with Crippen LogP contribution in [0.4, 0.5) is 24.7 Å². The van der Waals surface area contributed by atoms with Gasteiger partial charge in [-0.25, -0.2) is 13.4 Å². The molecule has 1 aromatic heterocycles. The molecule has 0 spiro atoms. The number of anilines is 1. The Morgan fingerprint density at radius 1 is 1.17 bits per heavy atom. The van der Waals surface area contributed by atoms with Gasteiger partial charge < -0.3 is 0 Å². The molecule has 7 nitrogen and oxygen atoms in total. The van der Waals surface area contributed by atoms with Gasteiger partial charge in [-0.2, -0.15) is 13.2 Å². The van der Waals surface area contributed by atoms with E-state index in [2.05, 4.69) is 4.98 Å². The average Bonchev–Trinajstić information content (AvgIpc) is 2.46. The van der Waals surface area contributed by atoms with Crippen molar-refractivity contribution in [3.05, 3.63) is 58.3 Å². The van der Waals surface area contributed by atoms with E-state index in [0.29, 0.717) is 6.20 Å². The fourth-order valence-corrected chi connectivity index (χ4v) is 2.66. The highest BCUT2D eigenvalue weighted by Gasteiger charge is 2.34. The van der Waals surface area contributed by atoms with Gasteiger partial charge in [0.25, 0.3) is 10.0 Å². The molecule has 0 atom stereocenters. The number of benzene rings is 1. The van der Waals surface area contributed by atoms with Crippen LogP contribution in [-0.4, -0.2) is 18.3 Å². The van der Waals surface area contributed by atoms with Crippen molar-refractivity contribution in [3.8, 4) is 0 Å². The number of hydrogen-bond acceptors (Lipinski definition) is 5. The van der Waals surface area contributed by atoms with Crippen molar-refractivity contribution in [2.45, 2.75) is 11.1 Å². The van der Waals surface area contributed by atoms with E-state index in [1.54, 1.807) is 6.07 Å². The van der Waals surface area contributed by atoms with Gasteiger partial charge in [0.1, 0.15) is 0 Å². The summed E-state index contributed by atoms with van der Waals surface area (Å²) in [6, 6.07) is 7.05. The number of rotatable bonds is 4. The zero-order chi connectivity index (χ0) is 17.3. The van der Waals surface area contributed by atoms with E-state index in [1.807, 2.05) is 4.72 Å². The summed E-state index contributed by atoms with van der Waals surface area (Å²) in [6.07, 6.45) is -4.52. The van der Waals surface area contributed by atoms with E-state index >= 15 is 0 Å². The lowest BCUT2D eigenvalue weighted by Crippen LogP contribution is -2.16. The van der Waals surface area contributed by atoms with E-state index in [9.17, 15) is 31.7 Å². The van der Waals surface area contributed by atoms with Crippen LogP contribution in [0, 0.1) is 10.1 Å². The van der Waals surface area contributed by atoms with Crippen molar-refractivity contribution >= 4 is 21.5 Å². The van der Waals surface area contributed by atoms with E-state index in [0.717, 1.165) is 0 Å². The fraction of sp³-hybridized carbons (Fsp3) is 0.0833. The summed E-state index contributed by atoms with van der Waals surface area (Å²) in [5, 5.41) is 10.9. The number of nitrogens with zero attached hydrogens (tertiary/aromatic N) is 2. The Labute approximate surface area is 128 Å². The molecule has 0 unspecified atom stereocenters. The second kappa shape index (κ2) is 5.83. The zero-order valence-electron chi connectivity index (χ0n) is 11.1. The summed E-state index contributed by atoms with van der Waals surface area (Å²) in [5.41, 5.74) is -2.45. The first kappa shape index (κ1) is 16.7. The number of sulfonamides is 1. The summed E-state index contributed by atoms with van der Waals surface area (Å²) in [7, 11) is -4.22. The number of hydrogen-bond donors (Lipinski definition) is 1. The molecule has 1 heterocycles. The molecule has 0 fully saturated rings. The number of nitro groups is 1. The largest absolute Gasteiger partial charge is 0.418 e. The van der Waals surface area contributed by atoms with Crippen molar-refractivity contribution in [1.29, 1.82) is 0 Å². The highest BCUT2D eigenvalue weighted by atomic mass is 32.2. The van der Waals surface area contributed by atoms with Crippen LogP contribution in [-0.2, 0) is 16.2 Å². The quantitative estimate of drug-likeness (QED) is 0.677. The first-order valence-electron chi connectivity index (χ1n) is 5.91. The third-order valence-electron chi connectivity index (χ3n) is 2.68. The summed E-state index contributed by atoms with van der Waals surface area (Å²) in [4.78, 5) is 12.8. The maximum Gasteiger partial charge on any atom is 0.418 e. The van der Waals surface area contributed by atoms with Crippen molar-refractivity contribution in [3.63, 3.8) is 0 Å². The van der Waals surface area contributed by atoms with Crippen LogP contribution in [0.1, 0.15) is 5.56 Å². The first-order valence-corrected chi connectivity index (χ1v) is 7.39. The Kier molecular flexibility index (Phi) is 4.23. The van der Waals surface area contributed by atoms with Crippen LogP contribution in [0.3, 0.4) is 0 Å². The average molecular weight is 347 g/mol. The van der Waals surface area contributed by atoms with Gasteiger partial charge in [0.2, 0.25) is 5.82 Å². The van der Waals surface area contributed by atoms with Crippen molar-refractivity contribution in [1.82, 2.24) is 4.98 Å². The van der Waals surface area contributed by atoms with Crippen molar-refractivity contribution < 1.29 is 26.5 Å². The number of halogens is 3. The normalized spacial score (nSPS) is 12.0. The van der Waals surface area contributed by atoms with E-state index in [-0.39, 0.29) is 11.0 Å². The number of alkyl halides is 3. The smallest absolute Gasteiger partial charge is 0.258 e. The Morgan fingerprint density at radius 3 is 2.30 bits per heavy atom. The Morgan fingerprint density at radius 2 is 1.78 bits per heavy atom. The molecule has 2 aromatic rings. The third kappa shape index (κ3) is 3.74. The first-order chi connectivity index (χ1) is 10.6. The van der Waals surface area contributed by atoms with Gasteiger partial charge >= 0.3 is 11.9 Å². The van der Waals surface area contributed by atoms with Gasteiger partial charge in [-0.05, 0) is 12.1 Å². The molecule has 11 heteroatoms. The van der Waals surface area contributed by atoms with Gasteiger partial charge in [0.15, 0.2) is 0 Å². The molecule has 0 aliphatic heterocycles.